The van der Waals surface area contributed by atoms with E-state index >= 15 is 0 Å². The second-order valence-electron chi connectivity index (χ2n) is 5.88. The Morgan fingerprint density at radius 3 is 2.74 bits per heavy atom. The van der Waals surface area contributed by atoms with Gasteiger partial charge in [0.05, 0.1) is 5.92 Å². The average Bonchev–Trinajstić information content (AvgIpc) is 2.92. The number of likely N-dealkylation sites (tertiary alicyclic amines) is 2. The van der Waals surface area contributed by atoms with Gasteiger partial charge >= 0.3 is 0 Å². The molecule has 0 radical (unpaired) electrons. The second kappa shape index (κ2) is 5.88. The fraction of sp³-hybridized carbons (Fsp3) is 0.846. The zero-order valence-electron chi connectivity index (χ0n) is 11.8. The van der Waals surface area contributed by atoms with Crippen molar-refractivity contribution in [1.82, 2.24) is 14.7 Å². The van der Waals surface area contributed by atoms with Crippen LogP contribution < -0.4 is 5.73 Å². The maximum Gasteiger partial charge on any atom is 0.228 e. The Balaban J connectivity index is 1.86. The standard InChI is InChI=1S/C13H24N4O2/c1-15(2)5-6-16-8-10(7-12(16)18)13(19)17-4-3-11(14)9-17/h10-11H,3-9,14H2,1-2H3/t10-,11+/m1/s1. The molecule has 6 nitrogen and oxygen atoms in total. The summed E-state index contributed by atoms with van der Waals surface area (Å²) in [5, 5.41) is 0. The number of hydrogen-bond acceptors (Lipinski definition) is 4. The zero-order valence-corrected chi connectivity index (χ0v) is 11.8. The van der Waals surface area contributed by atoms with Crippen molar-refractivity contribution in [3.8, 4) is 0 Å². The molecule has 2 rings (SSSR count). The Bertz CT molecular complexity index is 359. The maximum absolute atomic E-state index is 12.3. The van der Waals surface area contributed by atoms with Gasteiger partial charge in [0.2, 0.25) is 11.8 Å². The molecule has 0 unspecified atom stereocenters. The summed E-state index contributed by atoms with van der Waals surface area (Å²) in [6, 6.07) is 0.103. The van der Waals surface area contributed by atoms with Crippen molar-refractivity contribution in [2.75, 3.05) is 46.8 Å². The molecule has 2 aliphatic rings. The van der Waals surface area contributed by atoms with Gasteiger partial charge in [0.25, 0.3) is 0 Å². The van der Waals surface area contributed by atoms with Gasteiger partial charge in [-0.05, 0) is 20.5 Å². The molecule has 0 spiro atoms. The van der Waals surface area contributed by atoms with E-state index in [9.17, 15) is 9.59 Å². The number of nitrogens with two attached hydrogens (primary N) is 1. The molecular formula is C13H24N4O2. The minimum absolute atomic E-state index is 0.101. The summed E-state index contributed by atoms with van der Waals surface area (Å²) in [5.74, 6) is 0.0392. The summed E-state index contributed by atoms with van der Waals surface area (Å²) in [4.78, 5) is 29.9. The van der Waals surface area contributed by atoms with Gasteiger partial charge in [0, 0.05) is 45.2 Å². The van der Waals surface area contributed by atoms with Crippen LogP contribution in [0, 0.1) is 5.92 Å². The number of carbonyl (C=O) groups is 2. The van der Waals surface area contributed by atoms with Gasteiger partial charge in [-0.3, -0.25) is 9.59 Å². The first-order valence-corrected chi connectivity index (χ1v) is 6.94. The van der Waals surface area contributed by atoms with E-state index in [1.165, 1.54) is 0 Å². The van der Waals surface area contributed by atoms with Crippen LogP contribution >= 0.6 is 0 Å². The first-order chi connectivity index (χ1) is 8.97. The van der Waals surface area contributed by atoms with Gasteiger partial charge in [0.1, 0.15) is 0 Å². The van der Waals surface area contributed by atoms with E-state index in [-0.39, 0.29) is 23.8 Å². The van der Waals surface area contributed by atoms with Crippen LogP contribution in [0.5, 0.6) is 0 Å². The van der Waals surface area contributed by atoms with Crippen molar-refractivity contribution in [1.29, 1.82) is 0 Å². The highest BCUT2D eigenvalue weighted by atomic mass is 16.2. The Labute approximate surface area is 114 Å². The molecule has 2 saturated heterocycles. The minimum atomic E-state index is -0.167. The van der Waals surface area contributed by atoms with Crippen molar-refractivity contribution in [2.24, 2.45) is 11.7 Å². The molecule has 0 aromatic carbocycles. The number of carbonyl (C=O) groups excluding carboxylic acids is 2. The van der Waals surface area contributed by atoms with Crippen LogP contribution in [0.3, 0.4) is 0 Å². The fourth-order valence-corrected chi connectivity index (χ4v) is 2.72. The number of hydrogen-bond donors (Lipinski definition) is 1. The van der Waals surface area contributed by atoms with Gasteiger partial charge in [-0.2, -0.15) is 0 Å². The van der Waals surface area contributed by atoms with Crippen LogP contribution in [0.1, 0.15) is 12.8 Å². The van der Waals surface area contributed by atoms with E-state index in [0.717, 1.165) is 19.5 Å². The molecule has 0 aromatic rings. The van der Waals surface area contributed by atoms with E-state index in [4.69, 9.17) is 5.73 Å². The van der Waals surface area contributed by atoms with Crippen molar-refractivity contribution < 1.29 is 9.59 Å². The third-order valence-electron chi connectivity index (χ3n) is 3.92. The third kappa shape index (κ3) is 3.45. The lowest BCUT2D eigenvalue weighted by molar-refractivity contribution is -0.134. The molecule has 0 aliphatic carbocycles. The van der Waals surface area contributed by atoms with Crippen LogP contribution in [0.15, 0.2) is 0 Å². The number of nitrogens with zero attached hydrogens (tertiary/aromatic N) is 3. The molecule has 0 aromatic heterocycles. The van der Waals surface area contributed by atoms with Gasteiger partial charge < -0.3 is 20.4 Å². The molecular weight excluding hydrogens is 244 g/mol. The molecule has 2 aliphatic heterocycles. The van der Waals surface area contributed by atoms with Crippen molar-refractivity contribution in [2.45, 2.75) is 18.9 Å². The molecule has 2 N–H and O–H groups in total. The largest absolute Gasteiger partial charge is 0.341 e. The quantitative estimate of drug-likeness (QED) is 0.707. The van der Waals surface area contributed by atoms with Gasteiger partial charge in [-0.1, -0.05) is 0 Å². The smallest absolute Gasteiger partial charge is 0.228 e. The predicted octanol–water partition coefficient (Wildman–Crippen LogP) is -1.04. The van der Waals surface area contributed by atoms with E-state index < -0.39 is 0 Å². The molecule has 108 valence electrons. The Hall–Kier alpha value is -1.14. The number of rotatable bonds is 4. The van der Waals surface area contributed by atoms with Crippen molar-refractivity contribution in [3.05, 3.63) is 0 Å². The zero-order chi connectivity index (χ0) is 14.0. The fourth-order valence-electron chi connectivity index (χ4n) is 2.72. The van der Waals surface area contributed by atoms with E-state index in [2.05, 4.69) is 0 Å². The Morgan fingerprint density at radius 2 is 2.16 bits per heavy atom. The Kier molecular flexibility index (Phi) is 4.42. The molecule has 2 heterocycles. The molecule has 2 atom stereocenters. The lowest BCUT2D eigenvalue weighted by atomic mass is 10.1. The average molecular weight is 268 g/mol. The highest BCUT2D eigenvalue weighted by Crippen LogP contribution is 2.21. The van der Waals surface area contributed by atoms with Crippen molar-refractivity contribution >= 4 is 11.8 Å². The lowest BCUT2D eigenvalue weighted by Crippen LogP contribution is -2.38. The minimum Gasteiger partial charge on any atom is -0.341 e. The number of amides is 2. The van der Waals surface area contributed by atoms with Crippen LogP contribution in [0.2, 0.25) is 0 Å². The summed E-state index contributed by atoms with van der Waals surface area (Å²) in [6.07, 6.45) is 1.23. The van der Waals surface area contributed by atoms with Gasteiger partial charge in [-0.15, -0.1) is 0 Å². The monoisotopic (exact) mass is 268 g/mol. The molecule has 2 amide bonds. The summed E-state index contributed by atoms with van der Waals surface area (Å²) >= 11 is 0. The summed E-state index contributed by atoms with van der Waals surface area (Å²) in [5.41, 5.74) is 5.82. The van der Waals surface area contributed by atoms with Crippen LogP contribution in [-0.2, 0) is 9.59 Å². The molecule has 6 heteroatoms. The summed E-state index contributed by atoms with van der Waals surface area (Å²) in [6.45, 7) is 3.48. The van der Waals surface area contributed by atoms with Crippen LogP contribution in [0.4, 0.5) is 0 Å². The van der Waals surface area contributed by atoms with E-state index in [1.807, 2.05) is 23.9 Å². The highest BCUT2D eigenvalue weighted by molar-refractivity contribution is 5.89. The van der Waals surface area contributed by atoms with E-state index in [0.29, 0.717) is 26.1 Å². The van der Waals surface area contributed by atoms with Crippen molar-refractivity contribution in [3.63, 3.8) is 0 Å². The van der Waals surface area contributed by atoms with Gasteiger partial charge in [0.15, 0.2) is 0 Å². The van der Waals surface area contributed by atoms with Gasteiger partial charge in [-0.25, -0.2) is 0 Å². The third-order valence-corrected chi connectivity index (χ3v) is 3.92. The first kappa shape index (κ1) is 14.3. The summed E-state index contributed by atoms with van der Waals surface area (Å²) in [7, 11) is 3.96. The lowest BCUT2D eigenvalue weighted by Gasteiger charge is -2.21. The Morgan fingerprint density at radius 1 is 1.42 bits per heavy atom. The molecule has 0 saturated carbocycles. The van der Waals surface area contributed by atoms with Crippen LogP contribution in [0.25, 0.3) is 0 Å². The van der Waals surface area contributed by atoms with E-state index in [1.54, 1.807) is 4.90 Å². The normalized spacial score (nSPS) is 27.7. The summed E-state index contributed by atoms with van der Waals surface area (Å²) < 4.78 is 0. The first-order valence-electron chi connectivity index (χ1n) is 6.94. The molecule has 0 bridgehead atoms. The highest BCUT2D eigenvalue weighted by Gasteiger charge is 2.37. The second-order valence-corrected chi connectivity index (χ2v) is 5.88. The maximum atomic E-state index is 12.3. The SMILES string of the molecule is CN(C)CCN1C[C@H](C(=O)N2CC[C@H](N)C2)CC1=O. The topological polar surface area (TPSA) is 69.9 Å². The predicted molar refractivity (Wildman–Crippen MR) is 72.4 cm³/mol. The molecule has 19 heavy (non-hydrogen) atoms. The number of likely N-dealkylation sites (N-methyl/N-ethyl adjacent to an activating group) is 1. The van der Waals surface area contributed by atoms with Crippen LogP contribution in [-0.4, -0.2) is 79.4 Å². The molecule has 2 fully saturated rings.